The van der Waals surface area contributed by atoms with Crippen molar-refractivity contribution in [3.63, 3.8) is 0 Å². The molecule has 1 unspecified atom stereocenters. The number of hydrogen-bond donors (Lipinski definition) is 2. The predicted octanol–water partition coefficient (Wildman–Crippen LogP) is 2.56. The number of carbonyl (C=O) groups is 1. The van der Waals surface area contributed by atoms with Gasteiger partial charge in [0.15, 0.2) is 0 Å². The molecule has 0 aliphatic heterocycles. The summed E-state index contributed by atoms with van der Waals surface area (Å²) in [6.45, 7) is 10.3. The fourth-order valence-electron chi connectivity index (χ4n) is 2.43. The highest BCUT2D eigenvalue weighted by atomic mass is 16.2. The molecule has 0 saturated heterocycles. The van der Waals surface area contributed by atoms with Crippen LogP contribution in [0.15, 0.2) is 0 Å². The van der Waals surface area contributed by atoms with Crippen LogP contribution in [0, 0.1) is 17.8 Å². The van der Waals surface area contributed by atoms with Gasteiger partial charge in [0.25, 0.3) is 0 Å². The molecule has 1 aliphatic rings. The molecular formula is C15H30N2O. The molecule has 0 bridgehead atoms. The summed E-state index contributed by atoms with van der Waals surface area (Å²) in [5, 5.41) is 6.35. The average molecular weight is 254 g/mol. The first-order chi connectivity index (χ1) is 8.49. The Morgan fingerprint density at radius 1 is 1.17 bits per heavy atom. The van der Waals surface area contributed by atoms with E-state index in [9.17, 15) is 4.79 Å². The molecule has 0 heterocycles. The van der Waals surface area contributed by atoms with Gasteiger partial charge in [-0.25, -0.2) is 0 Å². The summed E-state index contributed by atoms with van der Waals surface area (Å²) in [6.07, 6.45) is 5.32. The van der Waals surface area contributed by atoms with Crippen LogP contribution in [-0.2, 0) is 4.79 Å². The Balaban J connectivity index is 2.15. The van der Waals surface area contributed by atoms with Crippen LogP contribution in [0.3, 0.4) is 0 Å². The number of carbonyl (C=O) groups excluding carboxylic acids is 1. The predicted molar refractivity (Wildman–Crippen MR) is 76.4 cm³/mol. The smallest absolute Gasteiger partial charge is 0.236 e. The zero-order chi connectivity index (χ0) is 13.5. The monoisotopic (exact) mass is 254 g/mol. The summed E-state index contributed by atoms with van der Waals surface area (Å²) < 4.78 is 0. The third-order valence-electron chi connectivity index (χ3n) is 3.93. The Kier molecular flexibility index (Phi) is 6.69. The van der Waals surface area contributed by atoms with Crippen LogP contribution in [0.1, 0.15) is 53.4 Å². The zero-order valence-corrected chi connectivity index (χ0v) is 12.5. The van der Waals surface area contributed by atoms with Crippen molar-refractivity contribution in [1.29, 1.82) is 0 Å². The highest BCUT2D eigenvalue weighted by molar-refractivity contribution is 5.81. The second-order valence-corrected chi connectivity index (χ2v) is 6.39. The first-order valence-electron chi connectivity index (χ1n) is 7.50. The van der Waals surface area contributed by atoms with Gasteiger partial charge in [0.05, 0.1) is 6.04 Å². The van der Waals surface area contributed by atoms with Crippen LogP contribution in [0.5, 0.6) is 0 Å². The quantitative estimate of drug-likeness (QED) is 0.765. The topological polar surface area (TPSA) is 41.1 Å². The summed E-state index contributed by atoms with van der Waals surface area (Å²) in [7, 11) is 0. The maximum absolute atomic E-state index is 11.8. The Hall–Kier alpha value is -0.570. The molecule has 3 heteroatoms. The fourth-order valence-corrected chi connectivity index (χ4v) is 2.43. The van der Waals surface area contributed by atoms with E-state index in [0.29, 0.717) is 5.92 Å². The van der Waals surface area contributed by atoms with Gasteiger partial charge < -0.3 is 10.6 Å². The van der Waals surface area contributed by atoms with Gasteiger partial charge in [0.2, 0.25) is 5.91 Å². The normalized spacial score (nSPS) is 26.1. The van der Waals surface area contributed by atoms with Crippen molar-refractivity contribution in [2.45, 2.75) is 59.4 Å². The molecule has 18 heavy (non-hydrogen) atoms. The molecule has 3 nitrogen and oxygen atoms in total. The summed E-state index contributed by atoms with van der Waals surface area (Å²) in [4.78, 5) is 11.8. The Labute approximate surface area is 112 Å². The number of nitrogens with one attached hydrogen (secondary N) is 2. The van der Waals surface area contributed by atoms with Crippen molar-refractivity contribution in [3.8, 4) is 0 Å². The molecule has 1 fully saturated rings. The van der Waals surface area contributed by atoms with Crippen molar-refractivity contribution in [2.24, 2.45) is 17.8 Å². The van der Waals surface area contributed by atoms with E-state index in [4.69, 9.17) is 0 Å². The second kappa shape index (κ2) is 7.78. The lowest BCUT2D eigenvalue weighted by molar-refractivity contribution is -0.122. The van der Waals surface area contributed by atoms with Gasteiger partial charge >= 0.3 is 0 Å². The molecule has 0 spiro atoms. The van der Waals surface area contributed by atoms with Gasteiger partial charge in [-0.15, -0.1) is 0 Å². The van der Waals surface area contributed by atoms with E-state index in [2.05, 4.69) is 31.4 Å². The van der Waals surface area contributed by atoms with Crippen molar-refractivity contribution in [2.75, 3.05) is 13.1 Å². The first kappa shape index (κ1) is 15.5. The largest absolute Gasteiger partial charge is 0.354 e. The van der Waals surface area contributed by atoms with Crippen molar-refractivity contribution in [1.82, 2.24) is 10.6 Å². The van der Waals surface area contributed by atoms with Crippen molar-refractivity contribution < 1.29 is 4.79 Å². The maximum Gasteiger partial charge on any atom is 0.236 e. The third-order valence-corrected chi connectivity index (χ3v) is 3.93. The lowest BCUT2D eigenvalue weighted by Gasteiger charge is -2.27. The molecule has 1 rings (SSSR count). The summed E-state index contributed by atoms with van der Waals surface area (Å²) in [5.41, 5.74) is 0. The molecular weight excluding hydrogens is 224 g/mol. The molecule has 1 amide bonds. The van der Waals surface area contributed by atoms with E-state index in [0.717, 1.165) is 24.9 Å². The van der Waals surface area contributed by atoms with Gasteiger partial charge in [-0.3, -0.25) is 4.79 Å². The lowest BCUT2D eigenvalue weighted by Crippen LogP contribution is -2.45. The minimum atomic E-state index is -0.0666. The molecule has 0 radical (unpaired) electrons. The summed E-state index contributed by atoms with van der Waals surface area (Å²) >= 11 is 0. The second-order valence-electron chi connectivity index (χ2n) is 6.39. The molecule has 106 valence electrons. The van der Waals surface area contributed by atoms with Crippen LogP contribution < -0.4 is 10.6 Å². The van der Waals surface area contributed by atoms with Gasteiger partial charge in [0, 0.05) is 6.54 Å². The van der Waals surface area contributed by atoms with Crippen LogP contribution in [0.2, 0.25) is 0 Å². The van der Waals surface area contributed by atoms with Gasteiger partial charge in [-0.1, -0.05) is 33.6 Å². The molecule has 1 saturated carbocycles. The van der Waals surface area contributed by atoms with Crippen molar-refractivity contribution >= 4 is 5.91 Å². The van der Waals surface area contributed by atoms with Crippen LogP contribution in [-0.4, -0.2) is 25.0 Å². The summed E-state index contributed by atoms with van der Waals surface area (Å²) in [6, 6.07) is -0.0666. The maximum atomic E-state index is 11.8. The Morgan fingerprint density at radius 3 is 2.33 bits per heavy atom. The van der Waals surface area contributed by atoms with Crippen molar-refractivity contribution in [3.05, 3.63) is 0 Å². The lowest BCUT2D eigenvalue weighted by atomic mass is 9.83. The van der Waals surface area contributed by atoms with Crippen LogP contribution >= 0.6 is 0 Å². The van der Waals surface area contributed by atoms with Crippen LogP contribution in [0.25, 0.3) is 0 Å². The standard InChI is InChI=1S/C15H30N2O/c1-11(2)9-17-15(18)13(4)16-10-14-7-5-12(3)6-8-14/h11-14,16H,5-10H2,1-4H3,(H,17,18). The highest BCUT2D eigenvalue weighted by Crippen LogP contribution is 2.27. The molecule has 1 atom stereocenters. The SMILES string of the molecule is CC(C)CNC(=O)C(C)NCC1CCC(C)CC1. The Morgan fingerprint density at radius 2 is 1.78 bits per heavy atom. The van der Waals surface area contributed by atoms with E-state index in [1.807, 2.05) is 6.92 Å². The van der Waals surface area contributed by atoms with E-state index in [1.165, 1.54) is 25.7 Å². The van der Waals surface area contributed by atoms with E-state index < -0.39 is 0 Å². The molecule has 1 aliphatic carbocycles. The van der Waals surface area contributed by atoms with E-state index in [1.54, 1.807) is 0 Å². The molecule has 0 aromatic heterocycles. The average Bonchev–Trinajstić information content (AvgIpc) is 2.34. The molecule has 2 N–H and O–H groups in total. The minimum absolute atomic E-state index is 0.0666. The highest BCUT2D eigenvalue weighted by Gasteiger charge is 2.20. The van der Waals surface area contributed by atoms with Gasteiger partial charge in [0.1, 0.15) is 0 Å². The number of rotatable bonds is 6. The van der Waals surface area contributed by atoms with Gasteiger partial charge in [-0.05, 0) is 44.1 Å². The number of amides is 1. The zero-order valence-electron chi connectivity index (χ0n) is 12.5. The molecule has 0 aromatic carbocycles. The fraction of sp³-hybridized carbons (Fsp3) is 0.933. The van der Waals surface area contributed by atoms with Crippen LogP contribution in [0.4, 0.5) is 0 Å². The van der Waals surface area contributed by atoms with E-state index >= 15 is 0 Å². The molecule has 0 aromatic rings. The summed E-state index contributed by atoms with van der Waals surface area (Å²) in [5.74, 6) is 2.31. The minimum Gasteiger partial charge on any atom is -0.354 e. The van der Waals surface area contributed by atoms with E-state index in [-0.39, 0.29) is 11.9 Å². The first-order valence-corrected chi connectivity index (χ1v) is 7.50. The Bertz CT molecular complexity index is 245. The third kappa shape index (κ3) is 5.85. The van der Waals surface area contributed by atoms with Gasteiger partial charge in [-0.2, -0.15) is 0 Å². The number of hydrogen-bond acceptors (Lipinski definition) is 2.